The topological polar surface area (TPSA) is 78.9 Å². The second-order valence-electron chi connectivity index (χ2n) is 20.6. The van der Waals surface area contributed by atoms with Gasteiger partial charge < -0.3 is 14.2 Å². The lowest BCUT2D eigenvalue weighted by Crippen LogP contribution is -2.30. The summed E-state index contributed by atoms with van der Waals surface area (Å²) in [5.41, 5.74) is 0. The van der Waals surface area contributed by atoms with Crippen LogP contribution in [0.25, 0.3) is 0 Å². The van der Waals surface area contributed by atoms with Crippen LogP contribution in [-0.4, -0.2) is 37.2 Å². The van der Waals surface area contributed by atoms with Crippen LogP contribution in [0.4, 0.5) is 0 Å². The smallest absolute Gasteiger partial charge is 0.309 e. The minimum absolute atomic E-state index is 0.113. The van der Waals surface area contributed by atoms with E-state index in [-0.39, 0.29) is 31.6 Å². The van der Waals surface area contributed by atoms with Gasteiger partial charge in [0.05, 0.1) is 6.42 Å². The van der Waals surface area contributed by atoms with E-state index in [1.807, 2.05) is 6.08 Å². The Morgan fingerprint density at radius 2 is 0.573 bits per heavy atom. The molecule has 0 aromatic carbocycles. The summed E-state index contributed by atoms with van der Waals surface area (Å²) >= 11 is 0. The number of allylic oxidation sites excluding steroid dienone is 17. The number of esters is 3. The van der Waals surface area contributed by atoms with Crippen molar-refractivity contribution in [1.82, 2.24) is 0 Å². The van der Waals surface area contributed by atoms with Crippen molar-refractivity contribution in [2.75, 3.05) is 13.2 Å². The fourth-order valence-corrected chi connectivity index (χ4v) is 8.58. The summed E-state index contributed by atoms with van der Waals surface area (Å²) in [6.07, 6.45) is 85.4. The highest BCUT2D eigenvalue weighted by Crippen LogP contribution is 2.15. The first kappa shape index (κ1) is 71.1. The van der Waals surface area contributed by atoms with E-state index < -0.39 is 12.1 Å². The van der Waals surface area contributed by atoms with Crippen LogP contribution in [0.2, 0.25) is 0 Å². The monoisotopic (exact) mass is 1040 g/mol. The third-order valence-corrected chi connectivity index (χ3v) is 13.3. The molecule has 0 amide bonds. The average Bonchev–Trinajstić information content (AvgIpc) is 3.41. The largest absolute Gasteiger partial charge is 0.462 e. The van der Waals surface area contributed by atoms with Crippen molar-refractivity contribution in [3.05, 3.63) is 109 Å². The molecule has 1 atom stereocenters. The fraction of sp³-hybridized carbons (Fsp3) is 0.696. The van der Waals surface area contributed by atoms with Crippen LogP contribution in [0.15, 0.2) is 109 Å². The van der Waals surface area contributed by atoms with Crippen LogP contribution in [0, 0.1) is 0 Å². The maximum Gasteiger partial charge on any atom is 0.309 e. The molecule has 0 N–H and O–H groups in total. The first-order valence-electron chi connectivity index (χ1n) is 31.4. The van der Waals surface area contributed by atoms with Gasteiger partial charge in [0, 0.05) is 12.8 Å². The molecule has 0 saturated heterocycles. The molecule has 0 radical (unpaired) electrons. The third-order valence-electron chi connectivity index (χ3n) is 13.3. The van der Waals surface area contributed by atoms with E-state index in [4.69, 9.17) is 14.2 Å². The molecular formula is C69H116O6. The van der Waals surface area contributed by atoms with Crippen molar-refractivity contribution in [1.29, 1.82) is 0 Å². The molecule has 428 valence electrons. The summed E-state index contributed by atoms with van der Waals surface area (Å²) in [6, 6.07) is 0. The van der Waals surface area contributed by atoms with Gasteiger partial charge in [-0.2, -0.15) is 0 Å². The minimum atomic E-state index is -0.825. The molecule has 0 fully saturated rings. The normalized spacial score (nSPS) is 12.8. The molecule has 6 heteroatoms. The molecule has 0 saturated carbocycles. The maximum atomic E-state index is 12.9. The summed E-state index contributed by atoms with van der Waals surface area (Å²) in [7, 11) is 0. The molecule has 0 rings (SSSR count). The molecule has 0 aliphatic carbocycles. The number of ether oxygens (including phenoxy) is 3. The van der Waals surface area contributed by atoms with E-state index in [2.05, 4.69) is 118 Å². The van der Waals surface area contributed by atoms with Crippen LogP contribution in [-0.2, 0) is 28.6 Å². The molecule has 1 unspecified atom stereocenters. The third kappa shape index (κ3) is 60.8. The first-order valence-corrected chi connectivity index (χ1v) is 31.4. The number of carbonyl (C=O) groups excluding carboxylic acids is 3. The maximum absolute atomic E-state index is 12.9. The Balaban J connectivity index is 4.46. The summed E-state index contributed by atoms with van der Waals surface area (Å²) < 4.78 is 16.8. The zero-order chi connectivity index (χ0) is 54.3. The Hall–Kier alpha value is -3.93. The lowest BCUT2D eigenvalue weighted by molar-refractivity contribution is -0.166. The van der Waals surface area contributed by atoms with E-state index >= 15 is 0 Å². The van der Waals surface area contributed by atoms with Gasteiger partial charge in [-0.25, -0.2) is 0 Å². The average molecular weight is 1040 g/mol. The Morgan fingerprint density at radius 3 is 0.933 bits per heavy atom. The Bertz CT molecular complexity index is 1520. The SMILES string of the molecule is CC/C=C\C/C=C\C/C=C\C/C=C\C/C=C\CC(=O)OCC(COC(=O)CCCCCCCCCCC/C=C\C/C=C\CCCCCCC)OC(=O)CCCCCCCCCCC/C=C\C/C=C\CCCCCCC. The van der Waals surface area contributed by atoms with Gasteiger partial charge in [0.2, 0.25) is 0 Å². The van der Waals surface area contributed by atoms with E-state index in [1.54, 1.807) is 6.08 Å². The van der Waals surface area contributed by atoms with E-state index in [0.29, 0.717) is 12.8 Å². The first-order chi connectivity index (χ1) is 37.0. The number of carbonyl (C=O) groups is 3. The van der Waals surface area contributed by atoms with Crippen molar-refractivity contribution in [2.24, 2.45) is 0 Å². The van der Waals surface area contributed by atoms with Gasteiger partial charge in [-0.1, -0.05) is 271 Å². The highest BCUT2D eigenvalue weighted by molar-refractivity contribution is 5.72. The number of hydrogen-bond donors (Lipinski definition) is 0. The van der Waals surface area contributed by atoms with Gasteiger partial charge in [-0.3, -0.25) is 14.4 Å². The van der Waals surface area contributed by atoms with Gasteiger partial charge in [-0.15, -0.1) is 0 Å². The standard InChI is InChI=1S/C69H116O6/c1-4-7-10-13-16-19-22-25-28-30-32-34-36-38-41-44-47-50-53-56-59-62-68(71)74-65-66(64-73-67(70)61-58-55-52-49-46-43-40-27-24-21-18-15-12-9-6-3)75-69(72)63-60-57-54-51-48-45-42-39-37-35-33-31-29-26-23-20-17-14-11-8-5-2/h9,12,18,21-23,25-27,30-33,40,46,49,55,58,66H,4-8,10-11,13-17,19-20,24,28-29,34-39,41-45,47-48,50-54,56-57,59-65H2,1-3H3/b12-9-,21-18-,25-22-,26-23-,32-30-,33-31-,40-27-,49-46-,58-55-. The van der Waals surface area contributed by atoms with E-state index in [9.17, 15) is 14.4 Å². The quantitative estimate of drug-likeness (QED) is 0.0261. The summed E-state index contributed by atoms with van der Waals surface area (Å²) in [4.78, 5) is 38.2. The Kier molecular flexibility index (Phi) is 59.3. The Morgan fingerprint density at radius 1 is 0.293 bits per heavy atom. The molecular weight excluding hydrogens is 925 g/mol. The minimum Gasteiger partial charge on any atom is -0.462 e. The van der Waals surface area contributed by atoms with Gasteiger partial charge in [0.15, 0.2) is 6.10 Å². The molecule has 0 aromatic heterocycles. The van der Waals surface area contributed by atoms with Gasteiger partial charge in [-0.05, 0) is 109 Å². The number of unbranched alkanes of at least 4 members (excludes halogenated alkanes) is 28. The molecule has 0 aromatic rings. The van der Waals surface area contributed by atoms with Crippen molar-refractivity contribution >= 4 is 17.9 Å². The second kappa shape index (κ2) is 62.6. The van der Waals surface area contributed by atoms with Crippen LogP contribution in [0.1, 0.15) is 290 Å². The predicted molar refractivity (Wildman–Crippen MR) is 325 cm³/mol. The molecule has 75 heavy (non-hydrogen) atoms. The molecule has 0 bridgehead atoms. The van der Waals surface area contributed by atoms with Crippen LogP contribution >= 0.6 is 0 Å². The number of hydrogen-bond acceptors (Lipinski definition) is 6. The van der Waals surface area contributed by atoms with Gasteiger partial charge in [0.1, 0.15) is 13.2 Å². The van der Waals surface area contributed by atoms with Crippen LogP contribution in [0.5, 0.6) is 0 Å². The summed E-state index contributed by atoms with van der Waals surface area (Å²) in [5.74, 6) is -1.05. The molecule has 6 nitrogen and oxygen atoms in total. The van der Waals surface area contributed by atoms with Gasteiger partial charge >= 0.3 is 17.9 Å². The second-order valence-corrected chi connectivity index (χ2v) is 20.6. The molecule has 0 spiro atoms. The Labute approximate surface area is 463 Å². The van der Waals surface area contributed by atoms with Gasteiger partial charge in [0.25, 0.3) is 0 Å². The zero-order valence-corrected chi connectivity index (χ0v) is 49.0. The molecule has 0 aliphatic rings. The number of rotatable bonds is 56. The molecule has 0 heterocycles. The van der Waals surface area contributed by atoms with Crippen LogP contribution < -0.4 is 0 Å². The van der Waals surface area contributed by atoms with Crippen molar-refractivity contribution < 1.29 is 28.6 Å². The molecule has 0 aliphatic heterocycles. The lowest BCUT2D eigenvalue weighted by Gasteiger charge is -2.18. The predicted octanol–water partition coefficient (Wildman–Crippen LogP) is 21.4. The van der Waals surface area contributed by atoms with Crippen molar-refractivity contribution in [2.45, 2.75) is 297 Å². The van der Waals surface area contributed by atoms with Crippen molar-refractivity contribution in [3.63, 3.8) is 0 Å². The van der Waals surface area contributed by atoms with Crippen LogP contribution in [0.3, 0.4) is 0 Å². The van der Waals surface area contributed by atoms with E-state index in [0.717, 1.165) is 83.5 Å². The highest BCUT2D eigenvalue weighted by atomic mass is 16.6. The zero-order valence-electron chi connectivity index (χ0n) is 49.0. The lowest BCUT2D eigenvalue weighted by atomic mass is 10.1. The summed E-state index contributed by atoms with van der Waals surface area (Å²) in [6.45, 7) is 6.43. The highest BCUT2D eigenvalue weighted by Gasteiger charge is 2.19. The van der Waals surface area contributed by atoms with E-state index in [1.165, 1.54) is 167 Å². The summed E-state index contributed by atoms with van der Waals surface area (Å²) in [5, 5.41) is 0. The fourth-order valence-electron chi connectivity index (χ4n) is 8.58. The van der Waals surface area contributed by atoms with Crippen molar-refractivity contribution in [3.8, 4) is 0 Å².